The first-order valence-electron chi connectivity index (χ1n) is 8.98. The van der Waals surface area contributed by atoms with Gasteiger partial charge < -0.3 is 15.6 Å². The summed E-state index contributed by atoms with van der Waals surface area (Å²) >= 11 is 0. The lowest BCUT2D eigenvalue weighted by atomic mass is 10.0. The van der Waals surface area contributed by atoms with Crippen LogP contribution in [0.1, 0.15) is 37.8 Å². The lowest BCUT2D eigenvalue weighted by Crippen LogP contribution is -2.24. The average molecular weight is 340 g/mol. The van der Waals surface area contributed by atoms with Crippen LogP contribution >= 0.6 is 0 Å². The highest BCUT2D eigenvalue weighted by atomic mass is 16.1. The molecule has 1 aromatic carbocycles. The molecule has 0 fully saturated rings. The van der Waals surface area contributed by atoms with Gasteiger partial charge >= 0.3 is 0 Å². The van der Waals surface area contributed by atoms with Crippen molar-refractivity contribution in [2.45, 2.75) is 46.1 Å². The Balaban J connectivity index is 1.86. The van der Waals surface area contributed by atoms with E-state index in [1.165, 1.54) is 11.1 Å². The zero-order valence-electron chi connectivity index (χ0n) is 15.2. The molecule has 0 radical (unpaired) electrons. The standard InChI is InChI=1S/C20H28N4O/c1-3-16-10-9-11-17(4-2)19(16)23-20(21)22-13-6-8-15-24-14-7-5-12-18(24)25/h5,7,9-12,14H,3-4,6,8,13,15H2,1-2H3,(H3,21,22,23). The summed E-state index contributed by atoms with van der Waals surface area (Å²) in [7, 11) is 0. The van der Waals surface area contributed by atoms with Crippen molar-refractivity contribution in [3.63, 3.8) is 0 Å². The first kappa shape index (κ1) is 18.8. The van der Waals surface area contributed by atoms with E-state index in [2.05, 4.69) is 42.4 Å². The monoisotopic (exact) mass is 340 g/mol. The Bertz CT molecular complexity index is 742. The molecular formula is C20H28N4O. The molecule has 2 rings (SSSR count). The van der Waals surface area contributed by atoms with E-state index in [9.17, 15) is 4.79 Å². The molecule has 0 saturated heterocycles. The van der Waals surface area contributed by atoms with Crippen molar-refractivity contribution in [3.05, 3.63) is 64.1 Å². The molecule has 25 heavy (non-hydrogen) atoms. The van der Waals surface area contributed by atoms with Crippen LogP contribution in [0.15, 0.2) is 52.4 Å². The van der Waals surface area contributed by atoms with E-state index in [4.69, 9.17) is 5.73 Å². The van der Waals surface area contributed by atoms with Crippen LogP contribution in [0.3, 0.4) is 0 Å². The van der Waals surface area contributed by atoms with Gasteiger partial charge in [-0.15, -0.1) is 0 Å². The van der Waals surface area contributed by atoms with Gasteiger partial charge in [-0.2, -0.15) is 0 Å². The molecule has 1 aromatic heterocycles. The van der Waals surface area contributed by atoms with Crippen LogP contribution in [-0.2, 0) is 19.4 Å². The molecule has 0 aliphatic heterocycles. The number of anilines is 1. The first-order chi connectivity index (χ1) is 12.2. The molecule has 0 atom stereocenters. The van der Waals surface area contributed by atoms with E-state index in [1.807, 2.05) is 12.3 Å². The average Bonchev–Trinajstić information content (AvgIpc) is 2.63. The zero-order valence-corrected chi connectivity index (χ0v) is 15.2. The summed E-state index contributed by atoms with van der Waals surface area (Å²) in [6, 6.07) is 11.5. The SMILES string of the molecule is CCc1cccc(CC)c1NC(N)=NCCCCn1ccccc1=O. The molecule has 3 N–H and O–H groups in total. The second kappa shape index (κ2) is 9.67. The summed E-state index contributed by atoms with van der Waals surface area (Å²) < 4.78 is 1.72. The van der Waals surface area contributed by atoms with Crippen molar-refractivity contribution >= 4 is 11.6 Å². The van der Waals surface area contributed by atoms with E-state index >= 15 is 0 Å². The fourth-order valence-electron chi connectivity index (χ4n) is 2.81. The Labute approximate surface area is 149 Å². The third-order valence-corrected chi connectivity index (χ3v) is 4.24. The lowest BCUT2D eigenvalue weighted by Gasteiger charge is -2.14. The summed E-state index contributed by atoms with van der Waals surface area (Å²) in [6.07, 6.45) is 5.51. The lowest BCUT2D eigenvalue weighted by molar-refractivity contribution is 0.599. The second-order valence-electron chi connectivity index (χ2n) is 5.99. The van der Waals surface area contributed by atoms with Crippen molar-refractivity contribution in [1.29, 1.82) is 0 Å². The number of aliphatic imine (C=N–C) groups is 1. The topological polar surface area (TPSA) is 72.4 Å². The Hall–Kier alpha value is -2.56. The molecule has 0 unspecified atom stereocenters. The van der Waals surface area contributed by atoms with Gasteiger partial charge in [0.15, 0.2) is 5.96 Å². The van der Waals surface area contributed by atoms with Gasteiger partial charge in [0.2, 0.25) is 5.56 Å². The number of nitrogens with zero attached hydrogens (tertiary/aromatic N) is 2. The van der Waals surface area contributed by atoms with Gasteiger partial charge in [0, 0.05) is 31.0 Å². The predicted octanol–water partition coefficient (Wildman–Crippen LogP) is 3.18. The van der Waals surface area contributed by atoms with Gasteiger partial charge in [-0.25, -0.2) is 0 Å². The highest BCUT2D eigenvalue weighted by Crippen LogP contribution is 2.22. The van der Waals surface area contributed by atoms with Gasteiger partial charge in [0.25, 0.3) is 0 Å². The van der Waals surface area contributed by atoms with Gasteiger partial charge in [-0.3, -0.25) is 9.79 Å². The number of hydrogen-bond acceptors (Lipinski definition) is 2. The Morgan fingerprint density at radius 1 is 1.08 bits per heavy atom. The normalized spacial score (nSPS) is 11.5. The summed E-state index contributed by atoms with van der Waals surface area (Å²) in [5.74, 6) is 0.451. The van der Waals surface area contributed by atoms with Crippen molar-refractivity contribution in [1.82, 2.24) is 4.57 Å². The number of aromatic nitrogens is 1. The maximum absolute atomic E-state index is 11.6. The number of benzene rings is 1. The molecule has 1 heterocycles. The molecule has 0 bridgehead atoms. The number of nitrogens with one attached hydrogen (secondary N) is 1. The highest BCUT2D eigenvalue weighted by molar-refractivity contribution is 5.93. The fraction of sp³-hybridized carbons (Fsp3) is 0.400. The van der Waals surface area contributed by atoms with Crippen LogP contribution in [0.5, 0.6) is 0 Å². The highest BCUT2D eigenvalue weighted by Gasteiger charge is 2.06. The number of unbranched alkanes of at least 4 members (excludes halogenated alkanes) is 1. The van der Waals surface area contributed by atoms with Crippen molar-refractivity contribution in [2.75, 3.05) is 11.9 Å². The summed E-state index contributed by atoms with van der Waals surface area (Å²) in [5, 5.41) is 3.27. The number of guanidine groups is 1. The number of para-hydroxylation sites is 1. The van der Waals surface area contributed by atoms with E-state index in [-0.39, 0.29) is 5.56 Å². The molecule has 134 valence electrons. The summed E-state index contributed by atoms with van der Waals surface area (Å²) in [5.41, 5.74) is 9.68. The van der Waals surface area contributed by atoms with Gasteiger partial charge in [0.1, 0.15) is 0 Å². The molecule has 0 saturated carbocycles. The third kappa shape index (κ3) is 5.48. The molecular weight excluding hydrogens is 312 g/mol. The summed E-state index contributed by atoms with van der Waals surface area (Å²) in [4.78, 5) is 16.0. The van der Waals surface area contributed by atoms with E-state index in [0.717, 1.165) is 31.4 Å². The van der Waals surface area contributed by atoms with Crippen LogP contribution in [0, 0.1) is 0 Å². The number of pyridine rings is 1. The van der Waals surface area contributed by atoms with Crippen LogP contribution in [0.4, 0.5) is 5.69 Å². The molecule has 2 aromatic rings. The van der Waals surface area contributed by atoms with Crippen molar-refractivity contribution in [3.8, 4) is 0 Å². The van der Waals surface area contributed by atoms with Crippen molar-refractivity contribution in [2.24, 2.45) is 10.7 Å². The van der Waals surface area contributed by atoms with Gasteiger partial charge in [-0.05, 0) is 42.9 Å². The second-order valence-corrected chi connectivity index (χ2v) is 5.99. The minimum atomic E-state index is 0.0375. The minimum Gasteiger partial charge on any atom is -0.370 e. The Kier molecular flexibility index (Phi) is 7.26. The maximum Gasteiger partial charge on any atom is 0.250 e. The third-order valence-electron chi connectivity index (χ3n) is 4.24. The van der Waals surface area contributed by atoms with Gasteiger partial charge in [0.05, 0.1) is 0 Å². The molecule has 5 heteroatoms. The smallest absolute Gasteiger partial charge is 0.250 e. The number of hydrogen-bond donors (Lipinski definition) is 2. The van der Waals surface area contributed by atoms with E-state index < -0.39 is 0 Å². The Morgan fingerprint density at radius 2 is 1.80 bits per heavy atom. The van der Waals surface area contributed by atoms with Crippen LogP contribution in [0.2, 0.25) is 0 Å². The predicted molar refractivity (Wildman–Crippen MR) is 105 cm³/mol. The van der Waals surface area contributed by atoms with Crippen LogP contribution in [-0.4, -0.2) is 17.1 Å². The number of nitrogens with two attached hydrogens (primary N) is 1. The van der Waals surface area contributed by atoms with Crippen LogP contribution in [0.25, 0.3) is 0 Å². The molecule has 0 aliphatic carbocycles. The minimum absolute atomic E-state index is 0.0375. The fourth-order valence-corrected chi connectivity index (χ4v) is 2.81. The zero-order chi connectivity index (χ0) is 18.1. The maximum atomic E-state index is 11.6. The summed E-state index contributed by atoms with van der Waals surface area (Å²) in [6.45, 7) is 5.63. The van der Waals surface area contributed by atoms with E-state index in [0.29, 0.717) is 19.0 Å². The molecule has 0 amide bonds. The quantitative estimate of drug-likeness (QED) is 0.440. The molecule has 0 spiro atoms. The van der Waals surface area contributed by atoms with Gasteiger partial charge in [-0.1, -0.05) is 38.1 Å². The van der Waals surface area contributed by atoms with E-state index in [1.54, 1.807) is 16.7 Å². The number of rotatable bonds is 8. The Morgan fingerprint density at radius 3 is 2.44 bits per heavy atom. The number of aryl methyl sites for hydroxylation is 3. The van der Waals surface area contributed by atoms with Crippen LogP contribution < -0.4 is 16.6 Å². The first-order valence-corrected chi connectivity index (χ1v) is 8.98. The molecule has 5 nitrogen and oxygen atoms in total. The van der Waals surface area contributed by atoms with Crippen molar-refractivity contribution < 1.29 is 0 Å². The molecule has 0 aliphatic rings. The largest absolute Gasteiger partial charge is 0.370 e.